The van der Waals surface area contributed by atoms with Gasteiger partial charge in [0.2, 0.25) is 0 Å². The predicted molar refractivity (Wildman–Crippen MR) is 24.9 cm³/mol. The number of hydrogen-bond acceptors (Lipinski definition) is 2. The lowest BCUT2D eigenvalue weighted by Crippen LogP contribution is -2.31. The minimum absolute atomic E-state index is 0.302. The standard InChI is InChI=1S/C4H10NO2/c1-4(2,3-6)7-5/h3,5H2,1-2H3. The lowest BCUT2D eigenvalue weighted by atomic mass is 10.2. The maximum Gasteiger partial charge on any atom is 0.113 e. The summed E-state index contributed by atoms with van der Waals surface area (Å²) in [5, 5.41) is 9.98. The smallest absolute Gasteiger partial charge is 0.113 e. The van der Waals surface area contributed by atoms with E-state index in [-0.39, 0.29) is 6.61 Å². The Morgan fingerprint density at radius 3 is 2.14 bits per heavy atom. The van der Waals surface area contributed by atoms with Gasteiger partial charge in [0.05, 0.1) is 0 Å². The molecule has 0 amide bonds. The molecule has 3 heteroatoms. The quantitative estimate of drug-likeness (QED) is 0.504. The number of hydrogen-bond donors (Lipinski definition) is 1. The van der Waals surface area contributed by atoms with E-state index in [1.165, 1.54) is 0 Å². The van der Waals surface area contributed by atoms with Gasteiger partial charge < -0.3 is 0 Å². The molecule has 0 atom stereocenters. The maximum absolute atomic E-state index is 9.98. The summed E-state index contributed by atoms with van der Waals surface area (Å²) in [4.78, 5) is 4.27. The Labute approximate surface area is 43.0 Å². The topological polar surface area (TPSA) is 55.1 Å². The molecule has 0 aliphatic rings. The Hall–Kier alpha value is -0.120. The van der Waals surface area contributed by atoms with E-state index in [4.69, 9.17) is 5.90 Å². The van der Waals surface area contributed by atoms with Crippen molar-refractivity contribution in [3.63, 3.8) is 0 Å². The van der Waals surface area contributed by atoms with Crippen LogP contribution in [0, 0.1) is 0 Å². The van der Waals surface area contributed by atoms with Crippen LogP contribution in [0.2, 0.25) is 0 Å². The molecule has 1 radical (unpaired) electrons. The van der Waals surface area contributed by atoms with E-state index in [1.807, 2.05) is 0 Å². The van der Waals surface area contributed by atoms with Crippen LogP contribution in [-0.2, 0) is 9.94 Å². The highest BCUT2D eigenvalue weighted by molar-refractivity contribution is 4.62. The first-order valence-electron chi connectivity index (χ1n) is 2.08. The van der Waals surface area contributed by atoms with Gasteiger partial charge in [0, 0.05) is 0 Å². The first-order chi connectivity index (χ1) is 3.12. The molecule has 0 aromatic rings. The van der Waals surface area contributed by atoms with Crippen molar-refractivity contribution in [1.29, 1.82) is 0 Å². The van der Waals surface area contributed by atoms with Gasteiger partial charge in [-0.25, -0.2) is 11.0 Å². The van der Waals surface area contributed by atoms with Gasteiger partial charge in [0.25, 0.3) is 0 Å². The number of rotatable bonds is 2. The normalized spacial score (nSPS) is 12.0. The molecule has 0 aromatic heterocycles. The molecule has 0 rings (SSSR count). The fourth-order valence-electron chi connectivity index (χ4n) is 0.0340. The monoisotopic (exact) mass is 104 g/mol. The first-order valence-corrected chi connectivity index (χ1v) is 2.08. The fourth-order valence-corrected chi connectivity index (χ4v) is 0.0340. The third-order valence-electron chi connectivity index (χ3n) is 0.667. The molecule has 0 aliphatic carbocycles. The summed E-state index contributed by atoms with van der Waals surface area (Å²) in [5.41, 5.74) is -0.694. The SMILES string of the molecule is CC(C)(C[O])ON. The summed E-state index contributed by atoms with van der Waals surface area (Å²) in [6.07, 6.45) is 0. The Balaban J connectivity index is 3.36. The van der Waals surface area contributed by atoms with Gasteiger partial charge in [-0.15, -0.1) is 0 Å². The van der Waals surface area contributed by atoms with E-state index >= 15 is 0 Å². The Morgan fingerprint density at radius 1 is 1.71 bits per heavy atom. The highest BCUT2D eigenvalue weighted by Crippen LogP contribution is 2.01. The van der Waals surface area contributed by atoms with Crippen LogP contribution >= 0.6 is 0 Å². The van der Waals surface area contributed by atoms with Crippen LogP contribution in [0.1, 0.15) is 13.8 Å². The molecular weight excluding hydrogens is 94.0 g/mol. The molecule has 43 valence electrons. The molecule has 0 bridgehead atoms. The van der Waals surface area contributed by atoms with Gasteiger partial charge in [-0.2, -0.15) is 0 Å². The highest BCUT2D eigenvalue weighted by Gasteiger charge is 2.15. The molecule has 0 aromatic carbocycles. The molecule has 0 fully saturated rings. The van der Waals surface area contributed by atoms with Crippen molar-refractivity contribution in [2.75, 3.05) is 6.61 Å². The van der Waals surface area contributed by atoms with E-state index in [2.05, 4.69) is 4.84 Å². The Kier molecular flexibility index (Phi) is 2.22. The minimum Gasteiger partial charge on any atom is -0.296 e. The zero-order chi connectivity index (χ0) is 5.91. The van der Waals surface area contributed by atoms with Gasteiger partial charge in [-0.05, 0) is 13.8 Å². The molecule has 0 saturated carbocycles. The molecule has 7 heavy (non-hydrogen) atoms. The number of nitrogens with two attached hydrogens (primary N) is 1. The zero-order valence-electron chi connectivity index (χ0n) is 4.60. The minimum atomic E-state index is -0.694. The maximum atomic E-state index is 9.98. The van der Waals surface area contributed by atoms with E-state index in [0.29, 0.717) is 0 Å². The van der Waals surface area contributed by atoms with Gasteiger partial charge in [-0.3, -0.25) is 4.84 Å². The molecule has 0 heterocycles. The second-order valence-corrected chi connectivity index (χ2v) is 2.02. The summed E-state index contributed by atoms with van der Waals surface area (Å²) in [7, 11) is 0. The molecule has 0 unspecified atom stereocenters. The summed E-state index contributed by atoms with van der Waals surface area (Å²) in [5.74, 6) is 4.72. The molecule has 3 nitrogen and oxygen atoms in total. The van der Waals surface area contributed by atoms with E-state index in [9.17, 15) is 5.11 Å². The van der Waals surface area contributed by atoms with Crippen LogP contribution in [-0.4, -0.2) is 12.2 Å². The average Bonchev–Trinajstić information content (AvgIpc) is 1.68. The lowest BCUT2D eigenvalue weighted by Gasteiger charge is -2.15. The zero-order valence-corrected chi connectivity index (χ0v) is 4.60. The van der Waals surface area contributed by atoms with Crippen LogP contribution in [0.3, 0.4) is 0 Å². The van der Waals surface area contributed by atoms with E-state index in [0.717, 1.165) is 0 Å². The van der Waals surface area contributed by atoms with Crippen molar-refractivity contribution in [3.8, 4) is 0 Å². The average molecular weight is 104 g/mol. The molecule has 0 saturated heterocycles. The predicted octanol–water partition coefficient (Wildman–Crippen LogP) is 0.0858. The van der Waals surface area contributed by atoms with Crippen LogP contribution < -0.4 is 5.90 Å². The second-order valence-electron chi connectivity index (χ2n) is 2.02. The summed E-state index contributed by atoms with van der Waals surface area (Å²) in [6.45, 7) is 2.98. The van der Waals surface area contributed by atoms with Gasteiger partial charge in [0.15, 0.2) is 0 Å². The van der Waals surface area contributed by atoms with Crippen molar-refractivity contribution >= 4 is 0 Å². The van der Waals surface area contributed by atoms with Gasteiger partial charge >= 0.3 is 0 Å². The van der Waals surface area contributed by atoms with Crippen LogP contribution in [0.15, 0.2) is 0 Å². The van der Waals surface area contributed by atoms with Crippen molar-refractivity contribution in [2.45, 2.75) is 19.4 Å². The van der Waals surface area contributed by atoms with Crippen LogP contribution in [0.25, 0.3) is 0 Å². The highest BCUT2D eigenvalue weighted by atomic mass is 16.6. The Morgan fingerprint density at radius 2 is 2.14 bits per heavy atom. The van der Waals surface area contributed by atoms with Gasteiger partial charge in [-0.1, -0.05) is 0 Å². The molecule has 0 aliphatic heterocycles. The summed E-state index contributed by atoms with van der Waals surface area (Å²) < 4.78 is 0. The van der Waals surface area contributed by atoms with Crippen molar-refractivity contribution in [1.82, 2.24) is 0 Å². The van der Waals surface area contributed by atoms with Crippen molar-refractivity contribution < 1.29 is 9.94 Å². The summed E-state index contributed by atoms with van der Waals surface area (Å²) in [6, 6.07) is 0. The fraction of sp³-hybridized carbons (Fsp3) is 1.00. The summed E-state index contributed by atoms with van der Waals surface area (Å²) >= 11 is 0. The molecule has 2 N–H and O–H groups in total. The largest absolute Gasteiger partial charge is 0.296 e. The van der Waals surface area contributed by atoms with Crippen molar-refractivity contribution in [2.24, 2.45) is 5.90 Å². The van der Waals surface area contributed by atoms with Crippen LogP contribution in [0.4, 0.5) is 0 Å². The van der Waals surface area contributed by atoms with Gasteiger partial charge in [0.1, 0.15) is 12.2 Å². The third kappa shape index (κ3) is 2.56. The molecular formula is C4H10NO2. The Bertz CT molecular complexity index is 47.7. The van der Waals surface area contributed by atoms with E-state index < -0.39 is 5.60 Å². The first kappa shape index (κ1) is 6.88. The van der Waals surface area contributed by atoms with E-state index in [1.54, 1.807) is 13.8 Å². The third-order valence-corrected chi connectivity index (χ3v) is 0.667. The van der Waals surface area contributed by atoms with Crippen molar-refractivity contribution in [3.05, 3.63) is 0 Å². The molecule has 0 spiro atoms. The second kappa shape index (κ2) is 2.26. The lowest BCUT2D eigenvalue weighted by molar-refractivity contribution is -0.0733. The van der Waals surface area contributed by atoms with Crippen LogP contribution in [0.5, 0.6) is 0 Å².